The van der Waals surface area contributed by atoms with Crippen molar-refractivity contribution < 1.29 is 4.79 Å². The maximum atomic E-state index is 12.4. The fourth-order valence-corrected chi connectivity index (χ4v) is 2.42. The number of hydrogen-bond donors (Lipinski definition) is 0. The first kappa shape index (κ1) is 16.9. The minimum atomic E-state index is -0.0145. The number of hydrogen-bond acceptors (Lipinski definition) is 4. The van der Waals surface area contributed by atoms with Crippen LogP contribution in [0.5, 0.6) is 0 Å². The minimum Gasteiger partial charge on any atom is -0.374 e. The van der Waals surface area contributed by atoms with Crippen molar-refractivity contribution in [1.82, 2.24) is 14.9 Å². The summed E-state index contributed by atoms with van der Waals surface area (Å²) < 4.78 is 0. The fraction of sp³-hybridized carbons (Fsp3) is 0.389. The number of amides is 1. The number of rotatable bonds is 7. The molecule has 0 N–H and O–H groups in total. The van der Waals surface area contributed by atoms with E-state index in [0.29, 0.717) is 18.8 Å². The molecule has 0 unspecified atom stereocenters. The minimum absolute atomic E-state index is 0.0145. The van der Waals surface area contributed by atoms with E-state index in [1.807, 2.05) is 57.6 Å². The second-order valence-electron chi connectivity index (χ2n) is 5.40. The maximum Gasteiger partial charge on any atom is 0.272 e. The van der Waals surface area contributed by atoms with E-state index < -0.39 is 0 Å². The number of carbonyl (C=O) groups excluding carboxylic acids is 1. The number of pyridine rings is 2. The Hall–Kier alpha value is -2.43. The van der Waals surface area contributed by atoms with Gasteiger partial charge in [-0.15, -0.1) is 0 Å². The third-order valence-corrected chi connectivity index (χ3v) is 3.94. The van der Waals surface area contributed by atoms with Crippen LogP contribution in [0, 0.1) is 0 Å². The van der Waals surface area contributed by atoms with E-state index in [1.54, 1.807) is 11.1 Å². The number of aromatic nitrogens is 2. The Bertz CT molecular complexity index is 626. The largest absolute Gasteiger partial charge is 0.374 e. The quantitative estimate of drug-likeness (QED) is 0.788. The molecule has 0 saturated carbocycles. The molecule has 0 aliphatic heterocycles. The molecule has 0 spiro atoms. The van der Waals surface area contributed by atoms with Crippen LogP contribution in [0.15, 0.2) is 42.9 Å². The van der Waals surface area contributed by atoms with Crippen molar-refractivity contribution in [2.45, 2.75) is 20.3 Å². The Kier molecular flexibility index (Phi) is 6.09. The predicted octanol–water partition coefficient (Wildman–Crippen LogP) is 2.64. The first-order chi connectivity index (χ1) is 11.2. The molecule has 0 fully saturated rings. The van der Waals surface area contributed by atoms with Crippen LogP contribution >= 0.6 is 0 Å². The summed E-state index contributed by atoms with van der Waals surface area (Å²) in [5.41, 5.74) is 2.76. The highest BCUT2D eigenvalue weighted by Crippen LogP contribution is 2.15. The van der Waals surface area contributed by atoms with Crippen molar-refractivity contribution in [2.24, 2.45) is 0 Å². The summed E-state index contributed by atoms with van der Waals surface area (Å²) >= 11 is 0. The zero-order chi connectivity index (χ0) is 16.7. The van der Waals surface area contributed by atoms with Crippen molar-refractivity contribution in [3.05, 3.63) is 54.1 Å². The summed E-state index contributed by atoms with van der Waals surface area (Å²) in [6.07, 6.45) is 6.25. The molecule has 5 nitrogen and oxygen atoms in total. The molecule has 2 rings (SSSR count). The molecule has 0 bridgehead atoms. The van der Waals surface area contributed by atoms with E-state index in [2.05, 4.69) is 14.9 Å². The number of nitrogens with zero attached hydrogens (tertiary/aromatic N) is 4. The number of carbonyl (C=O) groups is 1. The van der Waals surface area contributed by atoms with Gasteiger partial charge in [0, 0.05) is 51.0 Å². The van der Waals surface area contributed by atoms with E-state index >= 15 is 0 Å². The van der Waals surface area contributed by atoms with Crippen LogP contribution in [-0.4, -0.2) is 47.5 Å². The molecule has 0 aromatic carbocycles. The van der Waals surface area contributed by atoms with Gasteiger partial charge in [-0.2, -0.15) is 0 Å². The number of likely N-dealkylation sites (N-methyl/N-ethyl adjacent to an activating group) is 1. The van der Waals surface area contributed by atoms with Crippen LogP contribution in [0.1, 0.15) is 29.9 Å². The van der Waals surface area contributed by atoms with Gasteiger partial charge in [0.05, 0.1) is 0 Å². The highest BCUT2D eigenvalue weighted by atomic mass is 16.2. The van der Waals surface area contributed by atoms with Gasteiger partial charge < -0.3 is 9.80 Å². The van der Waals surface area contributed by atoms with E-state index in [9.17, 15) is 4.79 Å². The highest BCUT2D eigenvalue weighted by Gasteiger charge is 2.15. The summed E-state index contributed by atoms with van der Waals surface area (Å²) in [6.45, 7) is 6.21. The zero-order valence-corrected chi connectivity index (χ0v) is 14.1. The molecular formula is C18H24N4O. The van der Waals surface area contributed by atoms with Gasteiger partial charge in [-0.05, 0) is 50.1 Å². The van der Waals surface area contributed by atoms with Crippen LogP contribution in [-0.2, 0) is 6.42 Å². The lowest BCUT2D eigenvalue weighted by Crippen LogP contribution is -2.31. The second kappa shape index (κ2) is 8.27. The van der Waals surface area contributed by atoms with Gasteiger partial charge in [0.25, 0.3) is 5.91 Å². The summed E-state index contributed by atoms with van der Waals surface area (Å²) in [5, 5.41) is 0. The molecule has 2 aromatic rings. The van der Waals surface area contributed by atoms with Crippen molar-refractivity contribution in [1.29, 1.82) is 0 Å². The van der Waals surface area contributed by atoms with E-state index in [4.69, 9.17) is 0 Å². The smallest absolute Gasteiger partial charge is 0.272 e. The van der Waals surface area contributed by atoms with Gasteiger partial charge in [-0.1, -0.05) is 0 Å². The average molecular weight is 312 g/mol. The Morgan fingerprint density at radius 2 is 1.78 bits per heavy atom. The molecule has 0 radical (unpaired) electrons. The lowest BCUT2D eigenvalue weighted by Gasteiger charge is -2.21. The molecule has 122 valence electrons. The van der Waals surface area contributed by atoms with Crippen LogP contribution < -0.4 is 4.90 Å². The van der Waals surface area contributed by atoms with Crippen molar-refractivity contribution in [2.75, 3.05) is 31.6 Å². The van der Waals surface area contributed by atoms with Crippen molar-refractivity contribution in [3.63, 3.8) is 0 Å². The molecule has 1 amide bonds. The molecular weight excluding hydrogens is 288 g/mol. The SMILES string of the molecule is CCN(CC)C(=O)c1cc(N(C)CCc2ccncc2)ccn1. The predicted molar refractivity (Wildman–Crippen MR) is 92.7 cm³/mol. The standard InChI is InChI=1S/C18H24N4O/c1-4-22(5-2)18(23)17-14-16(8-12-20-17)21(3)13-9-15-6-10-19-11-7-15/h6-8,10-12,14H,4-5,9,13H2,1-3H3. The van der Waals surface area contributed by atoms with Crippen LogP contribution in [0.3, 0.4) is 0 Å². The van der Waals surface area contributed by atoms with E-state index in [1.165, 1.54) is 5.56 Å². The van der Waals surface area contributed by atoms with Crippen molar-refractivity contribution >= 4 is 11.6 Å². The van der Waals surface area contributed by atoms with E-state index in [-0.39, 0.29) is 5.91 Å². The molecule has 0 aliphatic carbocycles. The molecule has 2 heterocycles. The average Bonchev–Trinajstić information content (AvgIpc) is 2.61. The topological polar surface area (TPSA) is 49.3 Å². The van der Waals surface area contributed by atoms with Crippen LogP contribution in [0.4, 0.5) is 5.69 Å². The molecule has 2 aromatic heterocycles. The van der Waals surface area contributed by atoms with E-state index in [0.717, 1.165) is 18.7 Å². The highest BCUT2D eigenvalue weighted by molar-refractivity contribution is 5.93. The summed E-state index contributed by atoms with van der Waals surface area (Å²) in [7, 11) is 2.03. The molecule has 23 heavy (non-hydrogen) atoms. The Morgan fingerprint density at radius 1 is 1.09 bits per heavy atom. The number of anilines is 1. The molecule has 5 heteroatoms. The Labute approximate surface area is 138 Å². The first-order valence-corrected chi connectivity index (χ1v) is 8.01. The van der Waals surface area contributed by atoms with Gasteiger partial charge in [-0.25, -0.2) is 0 Å². The van der Waals surface area contributed by atoms with Gasteiger partial charge in [0.15, 0.2) is 0 Å². The molecule has 0 aliphatic rings. The monoisotopic (exact) mass is 312 g/mol. The van der Waals surface area contributed by atoms with Gasteiger partial charge in [-0.3, -0.25) is 14.8 Å². The summed E-state index contributed by atoms with van der Waals surface area (Å²) in [5.74, 6) is -0.0145. The summed E-state index contributed by atoms with van der Waals surface area (Å²) in [6, 6.07) is 7.85. The lowest BCUT2D eigenvalue weighted by atomic mass is 10.2. The van der Waals surface area contributed by atoms with Crippen LogP contribution in [0.25, 0.3) is 0 Å². The zero-order valence-electron chi connectivity index (χ0n) is 14.1. The van der Waals surface area contributed by atoms with Gasteiger partial charge >= 0.3 is 0 Å². The maximum absolute atomic E-state index is 12.4. The van der Waals surface area contributed by atoms with Gasteiger partial charge in [0.2, 0.25) is 0 Å². The van der Waals surface area contributed by atoms with Crippen molar-refractivity contribution in [3.8, 4) is 0 Å². The second-order valence-corrected chi connectivity index (χ2v) is 5.40. The molecule has 0 atom stereocenters. The normalized spacial score (nSPS) is 10.4. The van der Waals surface area contributed by atoms with Crippen LogP contribution in [0.2, 0.25) is 0 Å². The fourth-order valence-electron chi connectivity index (χ4n) is 2.42. The summed E-state index contributed by atoms with van der Waals surface area (Å²) in [4.78, 5) is 24.6. The lowest BCUT2D eigenvalue weighted by molar-refractivity contribution is 0.0767. The Balaban J connectivity index is 2.05. The first-order valence-electron chi connectivity index (χ1n) is 8.01. The molecule has 0 saturated heterocycles. The Morgan fingerprint density at radius 3 is 2.43 bits per heavy atom. The van der Waals surface area contributed by atoms with Gasteiger partial charge in [0.1, 0.15) is 5.69 Å². The third kappa shape index (κ3) is 4.52. The third-order valence-electron chi connectivity index (χ3n) is 3.94.